The number of aromatic amines is 1. The lowest BCUT2D eigenvalue weighted by atomic mass is 10.0. The Morgan fingerprint density at radius 3 is 3.07 bits per heavy atom. The van der Waals surface area contributed by atoms with E-state index in [1.807, 2.05) is 13.0 Å². The lowest BCUT2D eigenvalue weighted by Gasteiger charge is -2.04. The van der Waals surface area contributed by atoms with E-state index in [2.05, 4.69) is 20.4 Å². The van der Waals surface area contributed by atoms with E-state index >= 15 is 0 Å². The van der Waals surface area contributed by atoms with Crippen LogP contribution in [0.3, 0.4) is 0 Å². The molecule has 1 aliphatic heterocycles. The Balaban J connectivity index is 2.64. The van der Waals surface area contributed by atoms with E-state index in [9.17, 15) is 0 Å². The highest BCUT2D eigenvalue weighted by molar-refractivity contribution is 5.92. The summed E-state index contributed by atoms with van der Waals surface area (Å²) in [7, 11) is 0. The molecule has 3 N–H and O–H groups in total. The number of aliphatic imine (C=N–C) groups is 1. The maximum absolute atomic E-state index is 8.84. The number of H-pyrrole nitrogens is 1. The van der Waals surface area contributed by atoms with Crippen molar-refractivity contribution < 1.29 is 0 Å². The van der Waals surface area contributed by atoms with Gasteiger partial charge >= 0.3 is 0 Å². The number of fused-ring (bicyclic) bond motifs is 1. The molecular weight excluding hydrogens is 180 g/mol. The molecule has 0 bridgehead atoms. The van der Waals surface area contributed by atoms with Gasteiger partial charge in [-0.05, 0) is 6.92 Å². The maximum atomic E-state index is 8.84. The van der Waals surface area contributed by atoms with E-state index in [1.165, 1.54) is 6.20 Å². The van der Waals surface area contributed by atoms with E-state index < -0.39 is 0 Å². The average Bonchev–Trinajstić information content (AvgIpc) is 2.62. The van der Waals surface area contributed by atoms with Crippen LogP contribution in [0.25, 0.3) is 5.57 Å². The van der Waals surface area contributed by atoms with E-state index in [1.54, 1.807) is 0 Å². The van der Waals surface area contributed by atoms with Gasteiger partial charge in [0.25, 0.3) is 0 Å². The molecule has 1 aromatic heterocycles. The van der Waals surface area contributed by atoms with Crippen LogP contribution in [0.4, 0.5) is 0 Å². The normalized spacial score (nSPS) is 20.1. The van der Waals surface area contributed by atoms with Crippen LogP contribution < -0.4 is 5.73 Å². The van der Waals surface area contributed by atoms with Crippen molar-refractivity contribution in [1.82, 2.24) is 15.4 Å². The first-order valence-corrected chi connectivity index (χ1v) is 4.08. The summed E-state index contributed by atoms with van der Waals surface area (Å²) in [6.45, 7) is 1.87. The number of hydrogen-bond acceptors (Lipinski definition) is 5. The average molecular weight is 188 g/mol. The molecule has 0 aliphatic carbocycles. The third-order valence-electron chi connectivity index (χ3n) is 2.15. The number of nitrogens with one attached hydrogen (secondary N) is 1. The first-order valence-electron chi connectivity index (χ1n) is 4.08. The summed E-state index contributed by atoms with van der Waals surface area (Å²) in [5.74, 6) is 0.316. The summed E-state index contributed by atoms with van der Waals surface area (Å²) >= 11 is 0. The van der Waals surface area contributed by atoms with Gasteiger partial charge < -0.3 is 5.73 Å². The quantitative estimate of drug-likeness (QED) is 0.604. The largest absolute Gasteiger partial charge is 0.387 e. The number of amidine groups is 1. The predicted molar refractivity (Wildman–Crippen MR) is 50.0 cm³/mol. The number of nitrogens with zero attached hydrogens (tertiary/aromatic N) is 4. The molecular formula is C8H8N6. The Labute approximate surface area is 80.1 Å². The molecule has 0 unspecified atom stereocenters. The van der Waals surface area contributed by atoms with Crippen molar-refractivity contribution >= 4 is 11.4 Å². The molecule has 14 heavy (non-hydrogen) atoms. The Kier molecular flexibility index (Phi) is 1.78. The van der Waals surface area contributed by atoms with Gasteiger partial charge in [0.15, 0.2) is 0 Å². The lowest BCUT2D eigenvalue weighted by Crippen LogP contribution is -2.19. The zero-order valence-corrected chi connectivity index (χ0v) is 7.52. The van der Waals surface area contributed by atoms with E-state index in [4.69, 9.17) is 11.0 Å². The number of allylic oxidation sites excluding steroid dienone is 1. The van der Waals surface area contributed by atoms with Crippen LogP contribution in [-0.4, -0.2) is 21.2 Å². The summed E-state index contributed by atoms with van der Waals surface area (Å²) in [5, 5.41) is 19.2. The molecule has 0 amide bonds. The topological polar surface area (TPSA) is 104 Å². The second kappa shape index (κ2) is 2.96. The van der Waals surface area contributed by atoms with Crippen LogP contribution in [0.5, 0.6) is 0 Å². The minimum atomic E-state index is -0.120. The van der Waals surface area contributed by atoms with Crippen LogP contribution >= 0.6 is 0 Å². The number of hydrogen-bond donors (Lipinski definition) is 2. The number of nitrogens with two attached hydrogens (primary N) is 1. The third-order valence-corrected chi connectivity index (χ3v) is 2.15. The number of aromatic nitrogens is 3. The van der Waals surface area contributed by atoms with Gasteiger partial charge in [0, 0.05) is 6.20 Å². The monoisotopic (exact) mass is 188 g/mol. The van der Waals surface area contributed by atoms with E-state index in [0.717, 1.165) is 0 Å². The summed E-state index contributed by atoms with van der Waals surface area (Å²) in [6.07, 6.45) is 1.42. The van der Waals surface area contributed by atoms with Crippen molar-refractivity contribution in [3.8, 4) is 6.07 Å². The standard InChI is InChI=1S/C8H8N6/c1-4-6-7(13-14-12-6)5(2-9)3-11-8(4)10/h3-4H,1H3,(H2,10,11)(H,12,13,14)/t4-/m0/s1. The molecule has 2 rings (SSSR count). The van der Waals surface area contributed by atoms with Gasteiger partial charge in [-0.3, -0.25) is 0 Å². The van der Waals surface area contributed by atoms with Crippen molar-refractivity contribution in [2.45, 2.75) is 12.8 Å². The first-order chi connectivity index (χ1) is 6.74. The predicted octanol–water partition coefficient (Wildman–Crippen LogP) is 0.143. The Hall–Kier alpha value is -2.16. The van der Waals surface area contributed by atoms with Gasteiger partial charge in [-0.1, -0.05) is 0 Å². The van der Waals surface area contributed by atoms with Gasteiger partial charge in [0.1, 0.15) is 23.3 Å². The van der Waals surface area contributed by atoms with Gasteiger partial charge in [0.2, 0.25) is 0 Å². The minimum Gasteiger partial charge on any atom is -0.387 e. The fraction of sp³-hybridized carbons (Fsp3) is 0.250. The molecule has 0 radical (unpaired) electrons. The molecule has 0 saturated carbocycles. The smallest absolute Gasteiger partial charge is 0.128 e. The van der Waals surface area contributed by atoms with Crippen LogP contribution in [-0.2, 0) is 0 Å². The lowest BCUT2D eigenvalue weighted by molar-refractivity contribution is 0.879. The Bertz CT molecular complexity index is 460. The highest BCUT2D eigenvalue weighted by atomic mass is 15.3. The Morgan fingerprint density at radius 1 is 1.57 bits per heavy atom. The molecule has 0 aromatic carbocycles. The molecule has 6 nitrogen and oxygen atoms in total. The molecule has 2 heterocycles. The molecule has 0 fully saturated rings. The highest BCUT2D eigenvalue weighted by Crippen LogP contribution is 2.24. The highest BCUT2D eigenvalue weighted by Gasteiger charge is 2.23. The van der Waals surface area contributed by atoms with Gasteiger partial charge in [0.05, 0.1) is 11.5 Å². The maximum Gasteiger partial charge on any atom is 0.128 e. The van der Waals surface area contributed by atoms with Gasteiger partial charge in [-0.25, -0.2) is 4.99 Å². The van der Waals surface area contributed by atoms with E-state index in [-0.39, 0.29) is 5.92 Å². The van der Waals surface area contributed by atoms with Crippen molar-refractivity contribution in [1.29, 1.82) is 5.26 Å². The second-order valence-corrected chi connectivity index (χ2v) is 2.99. The molecule has 1 atom stereocenters. The molecule has 70 valence electrons. The summed E-state index contributed by atoms with van der Waals surface area (Å²) in [5.41, 5.74) is 7.25. The van der Waals surface area contributed by atoms with Crippen molar-refractivity contribution in [3.63, 3.8) is 0 Å². The van der Waals surface area contributed by atoms with Gasteiger partial charge in [-0.2, -0.15) is 20.7 Å². The minimum absolute atomic E-state index is 0.120. The fourth-order valence-corrected chi connectivity index (χ4v) is 1.27. The molecule has 1 aliphatic rings. The van der Waals surface area contributed by atoms with Crippen LogP contribution in [0.15, 0.2) is 11.2 Å². The summed E-state index contributed by atoms with van der Waals surface area (Å²) in [4.78, 5) is 3.96. The molecule has 6 heteroatoms. The van der Waals surface area contributed by atoms with Crippen LogP contribution in [0.2, 0.25) is 0 Å². The van der Waals surface area contributed by atoms with E-state index in [0.29, 0.717) is 22.8 Å². The van der Waals surface area contributed by atoms with Crippen LogP contribution in [0.1, 0.15) is 24.2 Å². The third kappa shape index (κ3) is 1.07. The second-order valence-electron chi connectivity index (χ2n) is 2.99. The first kappa shape index (κ1) is 8.44. The van der Waals surface area contributed by atoms with Crippen molar-refractivity contribution in [2.75, 3.05) is 0 Å². The number of nitriles is 1. The molecule has 0 saturated heterocycles. The number of rotatable bonds is 0. The molecule has 0 spiro atoms. The summed E-state index contributed by atoms with van der Waals surface area (Å²) in [6, 6.07) is 2.00. The van der Waals surface area contributed by atoms with Crippen LogP contribution in [0, 0.1) is 11.3 Å². The van der Waals surface area contributed by atoms with Crippen molar-refractivity contribution in [3.05, 3.63) is 17.6 Å². The SMILES string of the molecule is C[C@@H]1C(N)=NC=C(C#N)c2n[nH]nc21. The zero-order chi connectivity index (χ0) is 10.1. The zero-order valence-electron chi connectivity index (χ0n) is 7.52. The van der Waals surface area contributed by atoms with Crippen molar-refractivity contribution in [2.24, 2.45) is 10.7 Å². The fourth-order valence-electron chi connectivity index (χ4n) is 1.27. The Morgan fingerprint density at radius 2 is 2.36 bits per heavy atom. The molecule has 1 aromatic rings. The van der Waals surface area contributed by atoms with Gasteiger partial charge in [-0.15, -0.1) is 0 Å². The summed E-state index contributed by atoms with van der Waals surface area (Å²) < 4.78 is 0.